The van der Waals surface area contributed by atoms with E-state index in [1.807, 2.05) is 13.8 Å². The third kappa shape index (κ3) is 2.07. The molecule has 0 saturated carbocycles. The number of aryl methyl sites for hydroxylation is 1. The maximum absolute atomic E-state index is 5.60. The van der Waals surface area contributed by atoms with Crippen molar-refractivity contribution in [3.63, 3.8) is 0 Å². The molecule has 19 heavy (non-hydrogen) atoms. The first-order valence-electron chi connectivity index (χ1n) is 5.88. The molecular formula is C11H14N8. The molecule has 5 N–H and O–H groups in total. The molecule has 0 bridgehead atoms. The highest BCUT2D eigenvalue weighted by molar-refractivity contribution is 5.85. The van der Waals surface area contributed by atoms with Crippen LogP contribution in [0.15, 0.2) is 12.3 Å². The van der Waals surface area contributed by atoms with Crippen molar-refractivity contribution in [2.75, 3.05) is 11.1 Å². The number of nitrogen functional groups attached to an aromatic ring is 1. The summed E-state index contributed by atoms with van der Waals surface area (Å²) in [4.78, 5) is 8.67. The van der Waals surface area contributed by atoms with Crippen molar-refractivity contribution >= 4 is 22.7 Å². The lowest BCUT2D eigenvalue weighted by Crippen LogP contribution is -2.09. The van der Waals surface area contributed by atoms with Crippen LogP contribution in [0.2, 0.25) is 0 Å². The first-order valence-corrected chi connectivity index (χ1v) is 5.88. The van der Waals surface area contributed by atoms with E-state index >= 15 is 0 Å². The molecule has 0 aliphatic heterocycles. The lowest BCUT2D eigenvalue weighted by atomic mass is 10.2. The molecule has 0 amide bonds. The van der Waals surface area contributed by atoms with Crippen molar-refractivity contribution in [1.29, 1.82) is 0 Å². The van der Waals surface area contributed by atoms with E-state index in [4.69, 9.17) is 5.73 Å². The van der Waals surface area contributed by atoms with Crippen molar-refractivity contribution < 1.29 is 0 Å². The maximum atomic E-state index is 5.60. The molecule has 98 valence electrons. The number of hydrogen-bond acceptors (Lipinski definition) is 6. The van der Waals surface area contributed by atoms with Gasteiger partial charge in [0.2, 0.25) is 0 Å². The van der Waals surface area contributed by atoms with Crippen molar-refractivity contribution in [3.05, 3.63) is 23.8 Å². The number of anilines is 2. The first-order chi connectivity index (χ1) is 9.13. The third-order valence-corrected chi connectivity index (χ3v) is 2.86. The number of H-pyrrole nitrogens is 2. The molecule has 3 aromatic rings. The summed E-state index contributed by atoms with van der Waals surface area (Å²) in [7, 11) is 0. The fourth-order valence-corrected chi connectivity index (χ4v) is 1.91. The second-order valence-electron chi connectivity index (χ2n) is 4.37. The minimum atomic E-state index is -0.00259. The molecule has 8 heteroatoms. The molecule has 0 aromatic carbocycles. The Morgan fingerprint density at radius 1 is 1.32 bits per heavy atom. The second-order valence-corrected chi connectivity index (χ2v) is 4.37. The molecule has 3 heterocycles. The van der Waals surface area contributed by atoms with Crippen LogP contribution in [-0.2, 0) is 0 Å². The van der Waals surface area contributed by atoms with Gasteiger partial charge in [0.15, 0.2) is 5.65 Å². The Morgan fingerprint density at radius 2 is 2.16 bits per heavy atom. The highest BCUT2D eigenvalue weighted by atomic mass is 15.2. The Labute approximate surface area is 108 Å². The zero-order chi connectivity index (χ0) is 13.4. The molecule has 8 nitrogen and oxygen atoms in total. The summed E-state index contributed by atoms with van der Waals surface area (Å²) in [6.07, 6.45) is 1.70. The van der Waals surface area contributed by atoms with E-state index in [2.05, 4.69) is 35.7 Å². The van der Waals surface area contributed by atoms with Gasteiger partial charge >= 0.3 is 0 Å². The van der Waals surface area contributed by atoms with Gasteiger partial charge in [-0.25, -0.2) is 9.97 Å². The van der Waals surface area contributed by atoms with Gasteiger partial charge in [-0.15, -0.1) is 0 Å². The first kappa shape index (κ1) is 11.5. The van der Waals surface area contributed by atoms with Crippen LogP contribution in [0.5, 0.6) is 0 Å². The molecule has 0 saturated heterocycles. The molecule has 0 unspecified atom stereocenters. The number of nitrogens with one attached hydrogen (secondary N) is 3. The molecule has 3 rings (SSSR count). The Balaban J connectivity index is 1.94. The van der Waals surface area contributed by atoms with Gasteiger partial charge in [0, 0.05) is 6.07 Å². The van der Waals surface area contributed by atoms with Crippen molar-refractivity contribution in [3.8, 4) is 0 Å². The monoisotopic (exact) mass is 258 g/mol. The Bertz CT molecular complexity index is 712. The summed E-state index contributed by atoms with van der Waals surface area (Å²) < 4.78 is 0. The molecule has 0 spiro atoms. The Morgan fingerprint density at radius 3 is 2.89 bits per heavy atom. The van der Waals surface area contributed by atoms with Crippen LogP contribution in [0.25, 0.3) is 11.0 Å². The van der Waals surface area contributed by atoms with E-state index in [0.717, 1.165) is 16.9 Å². The quantitative estimate of drug-likeness (QED) is 0.559. The van der Waals surface area contributed by atoms with E-state index in [-0.39, 0.29) is 6.04 Å². The van der Waals surface area contributed by atoms with E-state index in [1.165, 1.54) is 0 Å². The fourth-order valence-electron chi connectivity index (χ4n) is 1.91. The van der Waals surface area contributed by atoms with Gasteiger partial charge in [0.05, 0.1) is 23.3 Å². The number of hydrogen-bond donors (Lipinski definition) is 4. The Kier molecular flexibility index (Phi) is 2.55. The zero-order valence-corrected chi connectivity index (χ0v) is 10.6. The van der Waals surface area contributed by atoms with Crippen LogP contribution in [0.1, 0.15) is 24.5 Å². The topological polar surface area (TPSA) is 121 Å². The van der Waals surface area contributed by atoms with Gasteiger partial charge in [-0.3, -0.25) is 10.2 Å². The van der Waals surface area contributed by atoms with Crippen LogP contribution in [0.3, 0.4) is 0 Å². The van der Waals surface area contributed by atoms with Crippen LogP contribution in [0, 0.1) is 6.92 Å². The summed E-state index contributed by atoms with van der Waals surface area (Å²) in [5.74, 6) is 1.88. The standard InChI is InChI=1S/C11H14N8/c1-5(8-3-9(12)18-17-8)14-10-7-4-13-19-11(7)16-6(2)15-10/h3-5H,1-2H3,(H3,12,17,18)(H2,13,14,15,16,19)/t5-/m0/s1. The minimum absolute atomic E-state index is 0.00259. The molecule has 3 aromatic heterocycles. The number of rotatable bonds is 3. The van der Waals surface area contributed by atoms with Gasteiger partial charge < -0.3 is 11.1 Å². The number of fused-ring (bicyclic) bond motifs is 1. The number of nitrogens with zero attached hydrogens (tertiary/aromatic N) is 4. The van der Waals surface area contributed by atoms with Crippen molar-refractivity contribution in [2.45, 2.75) is 19.9 Å². The summed E-state index contributed by atoms with van der Waals surface area (Å²) in [6.45, 7) is 3.83. The highest BCUT2D eigenvalue weighted by Crippen LogP contribution is 2.23. The predicted molar refractivity (Wildman–Crippen MR) is 71.5 cm³/mol. The summed E-state index contributed by atoms with van der Waals surface area (Å²) >= 11 is 0. The third-order valence-electron chi connectivity index (χ3n) is 2.86. The van der Waals surface area contributed by atoms with Crippen LogP contribution >= 0.6 is 0 Å². The lowest BCUT2D eigenvalue weighted by Gasteiger charge is -2.13. The van der Waals surface area contributed by atoms with E-state index in [0.29, 0.717) is 17.3 Å². The zero-order valence-electron chi connectivity index (χ0n) is 10.6. The van der Waals surface area contributed by atoms with E-state index < -0.39 is 0 Å². The summed E-state index contributed by atoms with van der Waals surface area (Å²) in [5, 5.41) is 17.8. The number of aromatic amines is 2. The maximum Gasteiger partial charge on any atom is 0.161 e. The van der Waals surface area contributed by atoms with Crippen molar-refractivity contribution in [2.24, 2.45) is 0 Å². The molecule has 1 atom stereocenters. The molecular weight excluding hydrogens is 244 g/mol. The van der Waals surface area contributed by atoms with Crippen LogP contribution in [0.4, 0.5) is 11.6 Å². The van der Waals surface area contributed by atoms with Gasteiger partial charge in [0.1, 0.15) is 17.5 Å². The fraction of sp³-hybridized carbons (Fsp3) is 0.273. The van der Waals surface area contributed by atoms with E-state index in [1.54, 1.807) is 12.3 Å². The molecule has 0 fully saturated rings. The number of aromatic nitrogens is 6. The Hall–Kier alpha value is -2.64. The van der Waals surface area contributed by atoms with Gasteiger partial charge in [-0.05, 0) is 13.8 Å². The smallest absolute Gasteiger partial charge is 0.161 e. The van der Waals surface area contributed by atoms with Crippen LogP contribution < -0.4 is 11.1 Å². The lowest BCUT2D eigenvalue weighted by molar-refractivity contribution is 0.819. The second kappa shape index (κ2) is 4.23. The minimum Gasteiger partial charge on any atom is -0.382 e. The normalized spacial score (nSPS) is 12.7. The van der Waals surface area contributed by atoms with Gasteiger partial charge in [-0.1, -0.05) is 0 Å². The summed E-state index contributed by atoms with van der Waals surface area (Å²) in [6, 6.07) is 1.79. The van der Waals surface area contributed by atoms with Crippen LogP contribution in [-0.4, -0.2) is 30.4 Å². The van der Waals surface area contributed by atoms with Gasteiger partial charge in [0.25, 0.3) is 0 Å². The highest BCUT2D eigenvalue weighted by Gasteiger charge is 2.13. The number of nitrogens with two attached hydrogens (primary N) is 1. The van der Waals surface area contributed by atoms with E-state index in [9.17, 15) is 0 Å². The van der Waals surface area contributed by atoms with Crippen molar-refractivity contribution in [1.82, 2.24) is 30.4 Å². The average molecular weight is 258 g/mol. The predicted octanol–water partition coefficient (Wildman–Crippen LogP) is 1.14. The van der Waals surface area contributed by atoms with Gasteiger partial charge in [-0.2, -0.15) is 10.2 Å². The molecule has 0 radical (unpaired) electrons. The average Bonchev–Trinajstić information content (AvgIpc) is 2.97. The molecule has 0 aliphatic carbocycles. The SMILES string of the molecule is Cc1nc(N[C@@H](C)c2cc(N)n[nH]2)c2cn[nH]c2n1. The summed E-state index contributed by atoms with van der Waals surface area (Å²) in [5.41, 5.74) is 7.21. The largest absolute Gasteiger partial charge is 0.382 e. The molecule has 0 aliphatic rings.